The molecular weight excluding hydrogens is 265 g/mol. The molecule has 110 valence electrons. The fourth-order valence-corrected chi connectivity index (χ4v) is 2.94. The number of benzene rings is 2. The van der Waals surface area contributed by atoms with Crippen molar-refractivity contribution in [2.24, 2.45) is 0 Å². The molecule has 0 saturated heterocycles. The molecule has 0 amide bonds. The lowest BCUT2D eigenvalue weighted by Crippen LogP contribution is -2.34. The standard InChI is InChI=1S/C18H20FNO/c1-12-4-3-5-13(8-12)14-9-16(10-14)20-17-7-6-15(19)11-18(17)21-2/h3-8,11,14,16,20H,9-10H2,1-2H3. The maximum Gasteiger partial charge on any atom is 0.144 e. The molecule has 0 aliphatic heterocycles. The van der Waals surface area contributed by atoms with E-state index in [0.29, 0.717) is 17.7 Å². The zero-order chi connectivity index (χ0) is 14.8. The molecule has 0 aromatic heterocycles. The number of halogens is 1. The summed E-state index contributed by atoms with van der Waals surface area (Å²) in [4.78, 5) is 0. The van der Waals surface area contributed by atoms with Gasteiger partial charge in [-0.15, -0.1) is 0 Å². The van der Waals surface area contributed by atoms with Crippen LogP contribution in [0.5, 0.6) is 5.75 Å². The zero-order valence-electron chi connectivity index (χ0n) is 12.4. The molecule has 0 atom stereocenters. The summed E-state index contributed by atoms with van der Waals surface area (Å²) in [5.74, 6) is 0.909. The first kappa shape index (κ1) is 13.9. The minimum atomic E-state index is -0.274. The van der Waals surface area contributed by atoms with Gasteiger partial charge in [-0.05, 0) is 43.4 Å². The Kier molecular flexibility index (Phi) is 3.82. The summed E-state index contributed by atoms with van der Waals surface area (Å²) in [5, 5.41) is 3.45. The van der Waals surface area contributed by atoms with Crippen molar-refractivity contribution in [2.75, 3.05) is 12.4 Å². The molecule has 1 aliphatic rings. The van der Waals surface area contributed by atoms with Gasteiger partial charge >= 0.3 is 0 Å². The maximum absolute atomic E-state index is 13.2. The van der Waals surface area contributed by atoms with Crippen LogP contribution in [-0.4, -0.2) is 13.2 Å². The lowest BCUT2D eigenvalue weighted by Gasteiger charge is -2.37. The number of nitrogens with one attached hydrogen (secondary N) is 1. The van der Waals surface area contributed by atoms with Crippen LogP contribution in [0.4, 0.5) is 10.1 Å². The number of rotatable bonds is 4. The van der Waals surface area contributed by atoms with Gasteiger partial charge in [0.2, 0.25) is 0 Å². The molecule has 1 N–H and O–H groups in total. The van der Waals surface area contributed by atoms with E-state index < -0.39 is 0 Å². The minimum Gasteiger partial charge on any atom is -0.494 e. The molecule has 0 unspecified atom stereocenters. The predicted octanol–water partition coefficient (Wildman–Crippen LogP) is 4.50. The van der Waals surface area contributed by atoms with E-state index in [4.69, 9.17) is 4.74 Å². The first-order chi connectivity index (χ1) is 10.2. The van der Waals surface area contributed by atoms with Gasteiger partial charge < -0.3 is 10.1 Å². The lowest BCUT2D eigenvalue weighted by atomic mass is 9.75. The van der Waals surface area contributed by atoms with Crippen LogP contribution in [0.15, 0.2) is 42.5 Å². The van der Waals surface area contributed by atoms with E-state index in [-0.39, 0.29) is 5.82 Å². The molecule has 1 saturated carbocycles. The molecule has 0 bridgehead atoms. The Labute approximate surface area is 125 Å². The summed E-state index contributed by atoms with van der Waals surface area (Å²) in [6.07, 6.45) is 2.20. The third kappa shape index (κ3) is 3.02. The number of methoxy groups -OCH3 is 1. The molecule has 3 heteroatoms. The van der Waals surface area contributed by atoms with Crippen molar-refractivity contribution < 1.29 is 9.13 Å². The molecule has 2 aromatic carbocycles. The van der Waals surface area contributed by atoms with Crippen molar-refractivity contribution in [1.82, 2.24) is 0 Å². The predicted molar refractivity (Wildman–Crippen MR) is 83.5 cm³/mol. The van der Waals surface area contributed by atoms with E-state index in [1.807, 2.05) is 0 Å². The fourth-order valence-electron chi connectivity index (χ4n) is 2.94. The number of hydrogen-bond acceptors (Lipinski definition) is 2. The molecule has 21 heavy (non-hydrogen) atoms. The molecule has 2 nitrogen and oxygen atoms in total. The molecule has 0 heterocycles. The van der Waals surface area contributed by atoms with Gasteiger partial charge in [0.25, 0.3) is 0 Å². The third-order valence-corrected chi connectivity index (χ3v) is 4.17. The second-order valence-corrected chi connectivity index (χ2v) is 5.77. The van der Waals surface area contributed by atoms with Gasteiger partial charge in [0.05, 0.1) is 12.8 Å². The van der Waals surface area contributed by atoms with Gasteiger partial charge in [-0.25, -0.2) is 4.39 Å². The summed E-state index contributed by atoms with van der Waals surface area (Å²) < 4.78 is 18.4. The lowest BCUT2D eigenvalue weighted by molar-refractivity contribution is 0.369. The van der Waals surface area contributed by atoms with Crippen molar-refractivity contribution in [1.29, 1.82) is 0 Å². The summed E-state index contributed by atoms with van der Waals surface area (Å²) in [5.41, 5.74) is 3.59. The summed E-state index contributed by atoms with van der Waals surface area (Å²) >= 11 is 0. The highest BCUT2D eigenvalue weighted by molar-refractivity contribution is 5.57. The van der Waals surface area contributed by atoms with Crippen LogP contribution >= 0.6 is 0 Å². The van der Waals surface area contributed by atoms with Crippen LogP contribution < -0.4 is 10.1 Å². The van der Waals surface area contributed by atoms with Crippen LogP contribution in [0.1, 0.15) is 29.9 Å². The summed E-state index contributed by atoms with van der Waals surface area (Å²) in [6, 6.07) is 13.8. The van der Waals surface area contributed by atoms with Crippen LogP contribution in [0.2, 0.25) is 0 Å². The highest BCUT2D eigenvalue weighted by atomic mass is 19.1. The van der Waals surface area contributed by atoms with E-state index >= 15 is 0 Å². The van der Waals surface area contributed by atoms with Gasteiger partial charge in [0.15, 0.2) is 0 Å². The average molecular weight is 285 g/mol. The molecule has 0 radical (unpaired) electrons. The Morgan fingerprint density at radius 2 is 1.95 bits per heavy atom. The first-order valence-corrected chi connectivity index (χ1v) is 7.32. The topological polar surface area (TPSA) is 21.3 Å². The Hall–Kier alpha value is -2.03. The molecular formula is C18H20FNO. The van der Waals surface area contributed by atoms with E-state index in [1.165, 1.54) is 23.3 Å². The van der Waals surface area contributed by atoms with E-state index in [1.54, 1.807) is 13.2 Å². The van der Waals surface area contributed by atoms with Crippen molar-refractivity contribution in [2.45, 2.75) is 31.7 Å². The Morgan fingerprint density at radius 1 is 1.14 bits per heavy atom. The van der Waals surface area contributed by atoms with Gasteiger partial charge in [-0.2, -0.15) is 0 Å². The Balaban J connectivity index is 1.62. The van der Waals surface area contributed by atoms with Crippen molar-refractivity contribution in [3.8, 4) is 5.75 Å². The first-order valence-electron chi connectivity index (χ1n) is 7.32. The third-order valence-electron chi connectivity index (χ3n) is 4.17. The number of anilines is 1. The minimum absolute atomic E-state index is 0.274. The van der Waals surface area contributed by atoms with Crippen LogP contribution in [0.25, 0.3) is 0 Å². The number of ether oxygens (including phenoxy) is 1. The molecule has 1 aliphatic carbocycles. The fraction of sp³-hybridized carbons (Fsp3) is 0.333. The SMILES string of the molecule is COc1cc(F)ccc1NC1CC(c2cccc(C)c2)C1. The quantitative estimate of drug-likeness (QED) is 0.893. The van der Waals surface area contributed by atoms with Crippen LogP contribution in [0, 0.1) is 12.7 Å². The van der Waals surface area contributed by atoms with Crippen LogP contribution in [-0.2, 0) is 0 Å². The smallest absolute Gasteiger partial charge is 0.144 e. The van der Waals surface area contributed by atoms with Gasteiger partial charge in [0.1, 0.15) is 11.6 Å². The van der Waals surface area contributed by atoms with Crippen molar-refractivity contribution >= 4 is 5.69 Å². The Morgan fingerprint density at radius 3 is 2.67 bits per heavy atom. The van der Waals surface area contributed by atoms with Gasteiger partial charge in [-0.3, -0.25) is 0 Å². The van der Waals surface area contributed by atoms with E-state index in [0.717, 1.165) is 18.5 Å². The average Bonchev–Trinajstić information content (AvgIpc) is 2.43. The molecule has 0 spiro atoms. The zero-order valence-corrected chi connectivity index (χ0v) is 12.4. The van der Waals surface area contributed by atoms with Crippen LogP contribution in [0.3, 0.4) is 0 Å². The Bertz CT molecular complexity index is 635. The summed E-state index contributed by atoms with van der Waals surface area (Å²) in [7, 11) is 1.57. The normalized spacial score (nSPS) is 20.7. The highest BCUT2D eigenvalue weighted by Gasteiger charge is 2.30. The maximum atomic E-state index is 13.2. The van der Waals surface area contributed by atoms with E-state index in [2.05, 4.69) is 36.5 Å². The molecule has 2 aromatic rings. The van der Waals surface area contributed by atoms with Gasteiger partial charge in [-0.1, -0.05) is 29.8 Å². The molecule has 3 rings (SSSR count). The van der Waals surface area contributed by atoms with Gasteiger partial charge in [0, 0.05) is 12.1 Å². The number of aryl methyl sites for hydroxylation is 1. The highest BCUT2D eigenvalue weighted by Crippen LogP contribution is 2.40. The largest absolute Gasteiger partial charge is 0.494 e. The monoisotopic (exact) mass is 285 g/mol. The summed E-state index contributed by atoms with van der Waals surface area (Å²) in [6.45, 7) is 2.13. The molecule has 1 fully saturated rings. The van der Waals surface area contributed by atoms with Crippen molar-refractivity contribution in [3.05, 3.63) is 59.4 Å². The second kappa shape index (κ2) is 5.76. The number of hydrogen-bond donors (Lipinski definition) is 1. The van der Waals surface area contributed by atoms with E-state index in [9.17, 15) is 4.39 Å². The second-order valence-electron chi connectivity index (χ2n) is 5.77. The van der Waals surface area contributed by atoms with Crippen molar-refractivity contribution in [3.63, 3.8) is 0 Å².